The highest BCUT2D eigenvalue weighted by atomic mass is 35.5. The van der Waals surface area contributed by atoms with Crippen LogP contribution in [0, 0.1) is 12.7 Å². The molecule has 1 aromatic heterocycles. The number of tetrazole rings is 1. The molecule has 0 saturated carbocycles. The number of anilines is 1. The van der Waals surface area contributed by atoms with Gasteiger partial charge >= 0.3 is 0 Å². The Labute approximate surface area is 125 Å². The molecule has 2 aromatic carbocycles. The van der Waals surface area contributed by atoms with E-state index in [9.17, 15) is 4.39 Å². The predicted octanol–water partition coefficient (Wildman–Crippen LogP) is 3.01. The number of nitrogens with zero attached hydrogens (tertiary/aromatic N) is 4. The molecule has 3 rings (SSSR count). The Balaban J connectivity index is 2.17. The van der Waals surface area contributed by atoms with Gasteiger partial charge in [-0.1, -0.05) is 17.7 Å². The van der Waals surface area contributed by atoms with Crippen molar-refractivity contribution in [3.63, 3.8) is 0 Å². The van der Waals surface area contributed by atoms with Gasteiger partial charge in [-0.25, -0.2) is 4.39 Å². The first-order valence-corrected chi connectivity index (χ1v) is 6.55. The number of benzene rings is 2. The number of aryl methyl sites for hydroxylation is 1. The average Bonchev–Trinajstić information content (AvgIpc) is 2.94. The normalized spacial score (nSPS) is 10.8. The molecule has 0 saturated heterocycles. The van der Waals surface area contributed by atoms with E-state index in [0.717, 1.165) is 0 Å². The second-order valence-corrected chi connectivity index (χ2v) is 4.96. The Hall–Kier alpha value is -2.47. The van der Waals surface area contributed by atoms with Crippen LogP contribution in [0.2, 0.25) is 5.02 Å². The third kappa shape index (κ3) is 2.34. The Morgan fingerprint density at radius 2 is 2.05 bits per heavy atom. The molecule has 0 aliphatic rings. The third-order valence-electron chi connectivity index (χ3n) is 3.15. The zero-order chi connectivity index (χ0) is 15.0. The Morgan fingerprint density at radius 1 is 1.24 bits per heavy atom. The van der Waals surface area contributed by atoms with E-state index in [2.05, 4.69) is 15.5 Å². The van der Waals surface area contributed by atoms with Crippen LogP contribution in [0.15, 0.2) is 36.4 Å². The summed E-state index contributed by atoms with van der Waals surface area (Å²) in [6.07, 6.45) is 0. The maximum atomic E-state index is 13.4. The second kappa shape index (κ2) is 5.14. The summed E-state index contributed by atoms with van der Waals surface area (Å²) in [6, 6.07) is 9.87. The lowest BCUT2D eigenvalue weighted by Gasteiger charge is -2.08. The van der Waals surface area contributed by atoms with Crippen LogP contribution in [-0.2, 0) is 0 Å². The van der Waals surface area contributed by atoms with Crippen LogP contribution in [0.25, 0.3) is 17.1 Å². The van der Waals surface area contributed by atoms with Crippen LogP contribution >= 0.6 is 11.6 Å². The van der Waals surface area contributed by atoms with Crippen LogP contribution < -0.4 is 5.73 Å². The minimum absolute atomic E-state index is 0.282. The Morgan fingerprint density at radius 3 is 2.81 bits per heavy atom. The Kier molecular flexibility index (Phi) is 3.31. The molecule has 0 atom stereocenters. The van der Waals surface area contributed by atoms with Crippen LogP contribution in [-0.4, -0.2) is 20.2 Å². The lowest BCUT2D eigenvalue weighted by Crippen LogP contribution is -2.02. The highest BCUT2D eigenvalue weighted by Crippen LogP contribution is 2.30. The first-order chi connectivity index (χ1) is 10.1. The number of aromatic nitrogens is 4. The van der Waals surface area contributed by atoms with Crippen molar-refractivity contribution in [3.8, 4) is 17.1 Å². The number of halogens is 2. The highest BCUT2D eigenvalue weighted by molar-refractivity contribution is 6.33. The zero-order valence-corrected chi connectivity index (χ0v) is 11.8. The molecule has 106 valence electrons. The molecule has 5 nitrogen and oxygen atoms in total. The average molecular weight is 304 g/mol. The highest BCUT2D eigenvalue weighted by Gasteiger charge is 2.15. The summed E-state index contributed by atoms with van der Waals surface area (Å²) in [5, 5.41) is 12.0. The van der Waals surface area contributed by atoms with Crippen molar-refractivity contribution < 1.29 is 4.39 Å². The van der Waals surface area contributed by atoms with Crippen LogP contribution in [0.1, 0.15) is 5.56 Å². The molecule has 0 fully saturated rings. The van der Waals surface area contributed by atoms with E-state index in [1.807, 2.05) is 0 Å². The SMILES string of the molecule is Cc1cc(-n2nnnc2-c2cccc(Cl)c2N)ccc1F. The molecule has 3 aromatic rings. The molecule has 0 aliphatic heterocycles. The van der Waals surface area contributed by atoms with Gasteiger partial charge in [-0.2, -0.15) is 4.68 Å². The first-order valence-electron chi connectivity index (χ1n) is 6.17. The lowest BCUT2D eigenvalue weighted by atomic mass is 10.1. The summed E-state index contributed by atoms with van der Waals surface area (Å²) in [5.74, 6) is 0.164. The van der Waals surface area contributed by atoms with Crippen LogP contribution in [0.4, 0.5) is 10.1 Å². The quantitative estimate of drug-likeness (QED) is 0.739. The minimum Gasteiger partial charge on any atom is -0.397 e. The van der Waals surface area contributed by atoms with Gasteiger partial charge in [0.25, 0.3) is 0 Å². The summed E-state index contributed by atoms with van der Waals surface area (Å²) in [5.41, 5.74) is 8.15. The molecule has 0 spiro atoms. The molecule has 7 heteroatoms. The van der Waals surface area contributed by atoms with E-state index < -0.39 is 0 Å². The molecule has 0 bridgehead atoms. The van der Waals surface area contributed by atoms with Gasteiger partial charge in [-0.15, -0.1) is 5.10 Å². The summed E-state index contributed by atoms with van der Waals surface area (Å²) in [7, 11) is 0. The molecule has 0 radical (unpaired) electrons. The molecule has 0 aliphatic carbocycles. The number of para-hydroxylation sites is 1. The largest absolute Gasteiger partial charge is 0.397 e. The van der Waals surface area contributed by atoms with E-state index in [1.54, 1.807) is 37.3 Å². The summed E-state index contributed by atoms with van der Waals surface area (Å²) >= 11 is 6.02. The number of rotatable bonds is 2. The monoisotopic (exact) mass is 303 g/mol. The molecule has 2 N–H and O–H groups in total. The van der Waals surface area contributed by atoms with E-state index in [1.165, 1.54) is 10.7 Å². The number of hydrogen-bond acceptors (Lipinski definition) is 4. The fourth-order valence-electron chi connectivity index (χ4n) is 2.02. The maximum absolute atomic E-state index is 13.4. The van der Waals surface area contributed by atoms with Crippen molar-refractivity contribution in [2.24, 2.45) is 0 Å². The smallest absolute Gasteiger partial charge is 0.189 e. The first kappa shape index (κ1) is 13.5. The molecule has 21 heavy (non-hydrogen) atoms. The van der Waals surface area contributed by atoms with Gasteiger partial charge in [-0.05, 0) is 53.2 Å². The van der Waals surface area contributed by atoms with Gasteiger partial charge in [0.05, 0.1) is 16.4 Å². The van der Waals surface area contributed by atoms with Gasteiger partial charge in [-0.3, -0.25) is 0 Å². The predicted molar refractivity (Wildman–Crippen MR) is 78.7 cm³/mol. The number of hydrogen-bond donors (Lipinski definition) is 1. The van der Waals surface area contributed by atoms with E-state index in [0.29, 0.717) is 33.3 Å². The van der Waals surface area contributed by atoms with Crippen molar-refractivity contribution in [3.05, 3.63) is 52.8 Å². The topological polar surface area (TPSA) is 69.6 Å². The summed E-state index contributed by atoms with van der Waals surface area (Å²) in [4.78, 5) is 0. The number of nitrogens with two attached hydrogens (primary N) is 1. The van der Waals surface area contributed by atoms with Gasteiger partial charge < -0.3 is 5.73 Å². The maximum Gasteiger partial charge on any atom is 0.189 e. The number of nitrogen functional groups attached to an aromatic ring is 1. The van der Waals surface area contributed by atoms with Gasteiger partial charge in [0.1, 0.15) is 5.82 Å². The van der Waals surface area contributed by atoms with Crippen molar-refractivity contribution in [2.45, 2.75) is 6.92 Å². The zero-order valence-electron chi connectivity index (χ0n) is 11.1. The van der Waals surface area contributed by atoms with Gasteiger partial charge in [0, 0.05) is 5.56 Å². The standard InChI is InChI=1S/C14H11ClFN5/c1-8-7-9(5-6-12(8)16)21-14(18-19-20-21)10-3-2-4-11(15)13(10)17/h2-7H,17H2,1H3. The summed E-state index contributed by atoms with van der Waals surface area (Å²) < 4.78 is 14.9. The molecule has 1 heterocycles. The van der Waals surface area contributed by atoms with E-state index >= 15 is 0 Å². The van der Waals surface area contributed by atoms with Gasteiger partial charge in [0.2, 0.25) is 0 Å². The van der Waals surface area contributed by atoms with E-state index in [-0.39, 0.29) is 5.82 Å². The molecule has 0 amide bonds. The van der Waals surface area contributed by atoms with Crippen molar-refractivity contribution >= 4 is 17.3 Å². The van der Waals surface area contributed by atoms with Crippen LogP contribution in [0.5, 0.6) is 0 Å². The lowest BCUT2D eigenvalue weighted by molar-refractivity contribution is 0.617. The van der Waals surface area contributed by atoms with Crippen molar-refractivity contribution in [1.29, 1.82) is 0 Å². The van der Waals surface area contributed by atoms with E-state index in [4.69, 9.17) is 17.3 Å². The molecular weight excluding hydrogens is 293 g/mol. The van der Waals surface area contributed by atoms with Crippen LogP contribution in [0.3, 0.4) is 0 Å². The minimum atomic E-state index is -0.282. The molecular formula is C14H11ClFN5. The fraction of sp³-hybridized carbons (Fsp3) is 0.0714. The van der Waals surface area contributed by atoms with Crippen molar-refractivity contribution in [1.82, 2.24) is 20.2 Å². The summed E-state index contributed by atoms with van der Waals surface area (Å²) in [6.45, 7) is 1.68. The van der Waals surface area contributed by atoms with Crippen molar-refractivity contribution in [2.75, 3.05) is 5.73 Å². The molecule has 0 unspecified atom stereocenters. The Bertz CT molecular complexity index is 815. The van der Waals surface area contributed by atoms with Gasteiger partial charge in [0.15, 0.2) is 5.82 Å². The second-order valence-electron chi connectivity index (χ2n) is 4.55. The fourth-order valence-corrected chi connectivity index (χ4v) is 2.20. The third-order valence-corrected chi connectivity index (χ3v) is 3.48.